The van der Waals surface area contributed by atoms with E-state index in [1.807, 2.05) is 0 Å². The lowest BCUT2D eigenvalue weighted by Gasteiger charge is -2.27. The lowest BCUT2D eigenvalue weighted by molar-refractivity contribution is -0.137. The number of rotatable bonds is 7. The van der Waals surface area contributed by atoms with Gasteiger partial charge in [0.25, 0.3) is 0 Å². The van der Waals surface area contributed by atoms with Gasteiger partial charge in [-0.15, -0.1) is 0 Å². The van der Waals surface area contributed by atoms with Crippen molar-refractivity contribution in [1.29, 1.82) is 0 Å². The predicted molar refractivity (Wildman–Crippen MR) is 84.2 cm³/mol. The van der Waals surface area contributed by atoms with Gasteiger partial charge in [0.05, 0.1) is 16.4 Å². The maximum atomic E-state index is 13.0. The molecule has 1 aromatic carbocycles. The van der Waals surface area contributed by atoms with Crippen molar-refractivity contribution in [1.82, 2.24) is 4.31 Å². The minimum atomic E-state index is -4.04. The van der Waals surface area contributed by atoms with Crippen LogP contribution in [0, 0.1) is 5.82 Å². The summed E-state index contributed by atoms with van der Waals surface area (Å²) in [7, 11) is -7.35. The van der Waals surface area contributed by atoms with Crippen LogP contribution in [-0.4, -0.2) is 56.3 Å². The molecule has 0 bridgehead atoms. The molecule has 2 rings (SSSR count). The smallest absolute Gasteiger partial charge is 0.303 e. The van der Waals surface area contributed by atoms with E-state index in [1.54, 1.807) is 0 Å². The highest BCUT2D eigenvalue weighted by Gasteiger charge is 2.38. The molecule has 1 atom stereocenters. The molecule has 10 heteroatoms. The first-order valence-electron chi connectivity index (χ1n) is 7.31. The highest BCUT2D eigenvalue weighted by Crippen LogP contribution is 2.25. The Kier molecular flexibility index (Phi) is 5.61. The lowest BCUT2D eigenvalue weighted by Crippen LogP contribution is -2.41. The summed E-state index contributed by atoms with van der Waals surface area (Å²) in [5, 5.41) is 8.72. The van der Waals surface area contributed by atoms with Crippen molar-refractivity contribution >= 4 is 25.8 Å². The molecule has 0 unspecified atom stereocenters. The largest absolute Gasteiger partial charge is 0.481 e. The summed E-state index contributed by atoms with van der Waals surface area (Å²) in [5.41, 5.74) is 0. The fraction of sp³-hybridized carbons (Fsp3) is 0.500. The van der Waals surface area contributed by atoms with Crippen LogP contribution in [0.25, 0.3) is 0 Å². The van der Waals surface area contributed by atoms with E-state index in [0.29, 0.717) is 0 Å². The summed E-state index contributed by atoms with van der Waals surface area (Å²) in [6.07, 6.45) is -0.00293. The molecule has 134 valence electrons. The van der Waals surface area contributed by atoms with Crippen LogP contribution in [0.15, 0.2) is 29.2 Å². The summed E-state index contributed by atoms with van der Waals surface area (Å²) in [5.74, 6) is -2.05. The van der Waals surface area contributed by atoms with E-state index >= 15 is 0 Å². The van der Waals surface area contributed by atoms with Gasteiger partial charge in [0, 0.05) is 19.0 Å². The van der Waals surface area contributed by atoms with E-state index < -0.39 is 37.7 Å². The molecule has 1 aliphatic heterocycles. The molecule has 0 radical (unpaired) electrons. The second-order valence-electron chi connectivity index (χ2n) is 5.62. The molecule has 0 saturated carbocycles. The molecule has 1 saturated heterocycles. The number of benzene rings is 1. The highest BCUT2D eigenvalue weighted by atomic mass is 32.2. The van der Waals surface area contributed by atoms with E-state index in [1.165, 1.54) is 0 Å². The van der Waals surface area contributed by atoms with Crippen molar-refractivity contribution in [2.24, 2.45) is 0 Å². The number of sulfone groups is 1. The van der Waals surface area contributed by atoms with Crippen molar-refractivity contribution in [3.63, 3.8) is 0 Å². The second-order valence-corrected chi connectivity index (χ2v) is 9.74. The van der Waals surface area contributed by atoms with E-state index in [9.17, 15) is 26.0 Å². The number of hydrogen-bond donors (Lipinski definition) is 1. The summed E-state index contributed by atoms with van der Waals surface area (Å²) in [6, 6.07) is 3.50. The normalized spacial score (nSPS) is 20.3. The first kappa shape index (κ1) is 18.8. The average molecular weight is 379 g/mol. The van der Waals surface area contributed by atoms with Crippen molar-refractivity contribution in [3.05, 3.63) is 30.1 Å². The fourth-order valence-corrected chi connectivity index (χ4v) is 6.15. The molecule has 1 fully saturated rings. The SMILES string of the molecule is O=C(O)CCCN([C@H]1CCS(=O)(=O)C1)S(=O)(=O)c1ccc(F)cc1. The maximum Gasteiger partial charge on any atom is 0.303 e. The molecule has 7 nitrogen and oxygen atoms in total. The third-order valence-electron chi connectivity index (χ3n) is 3.81. The summed E-state index contributed by atoms with van der Waals surface area (Å²) < 4.78 is 63.0. The molecule has 0 amide bonds. The molecule has 0 aromatic heterocycles. The molecule has 1 N–H and O–H groups in total. The van der Waals surface area contributed by atoms with E-state index in [2.05, 4.69) is 0 Å². The molecular formula is C14H18FNO6S2. The van der Waals surface area contributed by atoms with Gasteiger partial charge in [0.2, 0.25) is 10.0 Å². The van der Waals surface area contributed by atoms with E-state index in [4.69, 9.17) is 5.11 Å². The molecule has 1 aromatic rings. The van der Waals surface area contributed by atoms with Gasteiger partial charge in [-0.25, -0.2) is 21.2 Å². The molecular weight excluding hydrogens is 361 g/mol. The van der Waals surface area contributed by atoms with Crippen molar-refractivity contribution in [2.45, 2.75) is 30.2 Å². The zero-order valence-corrected chi connectivity index (χ0v) is 14.4. The zero-order chi connectivity index (χ0) is 18.0. The van der Waals surface area contributed by atoms with Gasteiger partial charge in [-0.05, 0) is 37.1 Å². The Bertz CT molecular complexity index is 804. The monoisotopic (exact) mass is 379 g/mol. The maximum absolute atomic E-state index is 13.0. The standard InChI is InChI=1S/C14H18FNO6S2/c15-11-3-5-13(6-4-11)24(21,22)16(8-1-2-14(17)18)12-7-9-23(19,20)10-12/h3-6,12H,1-2,7-10H2,(H,17,18)/t12-/m0/s1. The average Bonchev–Trinajstić information content (AvgIpc) is 2.83. The molecule has 0 spiro atoms. The Morgan fingerprint density at radius 2 is 1.92 bits per heavy atom. The minimum absolute atomic E-state index is 0.0618. The third-order valence-corrected chi connectivity index (χ3v) is 7.52. The Morgan fingerprint density at radius 3 is 2.42 bits per heavy atom. The third kappa shape index (κ3) is 4.52. The van der Waals surface area contributed by atoms with Gasteiger partial charge in [0.1, 0.15) is 5.82 Å². The highest BCUT2D eigenvalue weighted by molar-refractivity contribution is 7.92. The van der Waals surface area contributed by atoms with Crippen molar-refractivity contribution in [2.75, 3.05) is 18.1 Å². The second kappa shape index (κ2) is 7.16. The molecule has 0 aliphatic carbocycles. The quantitative estimate of drug-likeness (QED) is 0.753. The molecule has 24 heavy (non-hydrogen) atoms. The number of hydrogen-bond acceptors (Lipinski definition) is 5. The van der Waals surface area contributed by atoms with E-state index in [-0.39, 0.29) is 42.2 Å². The van der Waals surface area contributed by atoms with Gasteiger partial charge in [-0.1, -0.05) is 0 Å². The Labute approximate surface area is 140 Å². The number of carboxylic acid groups (broad SMARTS) is 1. The Morgan fingerprint density at radius 1 is 1.29 bits per heavy atom. The Hall–Kier alpha value is -1.52. The molecule has 1 heterocycles. The topological polar surface area (TPSA) is 109 Å². The number of carboxylic acids is 1. The van der Waals surface area contributed by atoms with Gasteiger partial charge < -0.3 is 5.11 Å². The van der Waals surface area contributed by atoms with Crippen LogP contribution in [0.1, 0.15) is 19.3 Å². The number of nitrogens with zero attached hydrogens (tertiary/aromatic N) is 1. The Balaban J connectivity index is 2.29. The number of halogens is 1. The van der Waals surface area contributed by atoms with E-state index in [0.717, 1.165) is 28.6 Å². The van der Waals surface area contributed by atoms with Crippen LogP contribution in [0.4, 0.5) is 4.39 Å². The van der Waals surface area contributed by atoms with Gasteiger partial charge >= 0.3 is 5.97 Å². The fourth-order valence-electron chi connectivity index (χ4n) is 2.63. The van der Waals surface area contributed by atoms with Crippen LogP contribution in [0.5, 0.6) is 0 Å². The summed E-state index contributed by atoms with van der Waals surface area (Å²) in [6.45, 7) is -0.105. The first-order chi connectivity index (χ1) is 11.1. The van der Waals surface area contributed by atoms with Crippen LogP contribution >= 0.6 is 0 Å². The lowest BCUT2D eigenvalue weighted by atomic mass is 10.2. The summed E-state index contributed by atoms with van der Waals surface area (Å²) in [4.78, 5) is 10.5. The first-order valence-corrected chi connectivity index (χ1v) is 10.6. The summed E-state index contributed by atoms with van der Waals surface area (Å²) >= 11 is 0. The van der Waals surface area contributed by atoms with Crippen LogP contribution in [0.2, 0.25) is 0 Å². The van der Waals surface area contributed by atoms with Gasteiger partial charge in [-0.2, -0.15) is 4.31 Å². The van der Waals surface area contributed by atoms with Crippen LogP contribution < -0.4 is 0 Å². The number of aliphatic carboxylic acids is 1. The predicted octanol–water partition coefficient (Wildman–Crippen LogP) is 0.868. The van der Waals surface area contributed by atoms with Gasteiger partial charge in [-0.3, -0.25) is 4.79 Å². The van der Waals surface area contributed by atoms with Gasteiger partial charge in [0.15, 0.2) is 9.84 Å². The van der Waals surface area contributed by atoms with Crippen LogP contribution in [0.3, 0.4) is 0 Å². The zero-order valence-electron chi connectivity index (χ0n) is 12.8. The van der Waals surface area contributed by atoms with Crippen molar-refractivity contribution < 1.29 is 31.1 Å². The molecule has 1 aliphatic rings. The number of carbonyl (C=O) groups is 1. The number of sulfonamides is 1. The minimum Gasteiger partial charge on any atom is -0.481 e. The van der Waals surface area contributed by atoms with Crippen LogP contribution in [-0.2, 0) is 24.7 Å². The van der Waals surface area contributed by atoms with Crippen molar-refractivity contribution in [3.8, 4) is 0 Å².